The van der Waals surface area contributed by atoms with E-state index in [0.29, 0.717) is 5.96 Å². The lowest BCUT2D eigenvalue weighted by Crippen LogP contribution is -2.44. The Labute approximate surface area is 122 Å². The van der Waals surface area contributed by atoms with Crippen LogP contribution in [0.4, 0.5) is 0 Å². The zero-order valence-corrected chi connectivity index (χ0v) is 12.6. The monoisotopic (exact) mass is 325 g/mol. The molecule has 0 radical (unpaired) electrons. The maximum atomic E-state index is 5.96. The summed E-state index contributed by atoms with van der Waals surface area (Å²) in [5, 5.41) is 0. The predicted molar refractivity (Wildman–Crippen MR) is 81.3 cm³/mol. The first-order chi connectivity index (χ1) is 9.25. The van der Waals surface area contributed by atoms with Gasteiger partial charge in [-0.3, -0.25) is 4.99 Å². The molecule has 4 nitrogen and oxygen atoms in total. The smallest absolute Gasteiger partial charge is 0.191 e. The fourth-order valence-corrected chi connectivity index (χ4v) is 2.51. The van der Waals surface area contributed by atoms with E-state index in [1.807, 2.05) is 6.07 Å². The Morgan fingerprint density at radius 2 is 2.16 bits per heavy atom. The first-order valence-electron chi connectivity index (χ1n) is 6.63. The second-order valence-corrected chi connectivity index (χ2v) is 5.49. The van der Waals surface area contributed by atoms with Gasteiger partial charge in [-0.2, -0.15) is 0 Å². The molecule has 0 aliphatic carbocycles. The van der Waals surface area contributed by atoms with Crippen LogP contribution in [-0.2, 0) is 11.2 Å². The molecule has 0 unspecified atom stereocenters. The summed E-state index contributed by atoms with van der Waals surface area (Å²) in [5.41, 5.74) is 7.29. The van der Waals surface area contributed by atoms with E-state index in [9.17, 15) is 0 Å². The van der Waals surface area contributed by atoms with Gasteiger partial charge in [0.2, 0.25) is 0 Å². The van der Waals surface area contributed by atoms with Crippen LogP contribution in [0.1, 0.15) is 12.0 Å². The molecule has 0 spiro atoms. The molecule has 0 atom stereocenters. The van der Waals surface area contributed by atoms with Gasteiger partial charge in [-0.1, -0.05) is 28.1 Å². The summed E-state index contributed by atoms with van der Waals surface area (Å²) in [4.78, 5) is 6.52. The van der Waals surface area contributed by atoms with E-state index in [4.69, 9.17) is 10.5 Å². The van der Waals surface area contributed by atoms with Gasteiger partial charge in [-0.25, -0.2) is 0 Å². The summed E-state index contributed by atoms with van der Waals surface area (Å²) >= 11 is 3.48. The van der Waals surface area contributed by atoms with E-state index in [-0.39, 0.29) is 0 Å². The topological polar surface area (TPSA) is 50.8 Å². The van der Waals surface area contributed by atoms with Crippen molar-refractivity contribution in [3.05, 3.63) is 34.3 Å². The van der Waals surface area contributed by atoms with Crippen molar-refractivity contribution in [3.8, 4) is 0 Å². The molecule has 1 heterocycles. The number of ether oxygens (including phenoxy) is 1. The lowest BCUT2D eigenvalue weighted by atomic mass is 10.1. The minimum absolute atomic E-state index is 0.651. The second kappa shape index (κ2) is 7.50. The van der Waals surface area contributed by atoms with Crippen LogP contribution < -0.4 is 5.73 Å². The molecule has 1 aliphatic rings. The maximum absolute atomic E-state index is 5.96. The van der Waals surface area contributed by atoms with Gasteiger partial charge >= 0.3 is 0 Å². The van der Waals surface area contributed by atoms with E-state index in [0.717, 1.165) is 50.2 Å². The summed E-state index contributed by atoms with van der Waals surface area (Å²) in [6.07, 6.45) is 2.04. The average molecular weight is 326 g/mol. The number of rotatable bonds is 4. The summed E-state index contributed by atoms with van der Waals surface area (Å²) in [5.74, 6) is 0.651. The number of hydrogen-bond acceptors (Lipinski definition) is 2. The van der Waals surface area contributed by atoms with Crippen LogP contribution in [0.25, 0.3) is 0 Å². The molecular formula is C14H20BrN3O. The van der Waals surface area contributed by atoms with Gasteiger partial charge in [0.15, 0.2) is 5.96 Å². The summed E-state index contributed by atoms with van der Waals surface area (Å²) < 4.78 is 6.41. The summed E-state index contributed by atoms with van der Waals surface area (Å²) in [7, 11) is 0. The second-order valence-electron chi connectivity index (χ2n) is 4.57. The predicted octanol–water partition coefficient (Wildman–Crippen LogP) is 2.03. The van der Waals surface area contributed by atoms with Crippen molar-refractivity contribution in [2.24, 2.45) is 10.7 Å². The van der Waals surface area contributed by atoms with Crippen LogP contribution in [0.3, 0.4) is 0 Å². The van der Waals surface area contributed by atoms with E-state index in [1.165, 1.54) is 5.56 Å². The fraction of sp³-hybridized carbons (Fsp3) is 0.500. The van der Waals surface area contributed by atoms with Crippen LogP contribution in [0.15, 0.2) is 33.7 Å². The van der Waals surface area contributed by atoms with Crippen molar-refractivity contribution < 1.29 is 4.74 Å². The maximum Gasteiger partial charge on any atom is 0.191 e. The van der Waals surface area contributed by atoms with Gasteiger partial charge in [0, 0.05) is 24.1 Å². The van der Waals surface area contributed by atoms with Gasteiger partial charge in [-0.05, 0) is 30.5 Å². The van der Waals surface area contributed by atoms with E-state index >= 15 is 0 Å². The molecule has 0 amide bonds. The van der Waals surface area contributed by atoms with Crippen LogP contribution >= 0.6 is 15.9 Å². The Kier molecular flexibility index (Phi) is 5.66. The Bertz CT molecular complexity index is 430. The molecule has 1 aromatic rings. The molecule has 19 heavy (non-hydrogen) atoms. The first-order valence-corrected chi connectivity index (χ1v) is 7.42. The Balaban J connectivity index is 1.73. The van der Waals surface area contributed by atoms with Crippen molar-refractivity contribution in [1.29, 1.82) is 0 Å². The highest BCUT2D eigenvalue weighted by Gasteiger charge is 2.11. The van der Waals surface area contributed by atoms with Gasteiger partial charge in [0.25, 0.3) is 0 Å². The summed E-state index contributed by atoms with van der Waals surface area (Å²) in [6.45, 7) is 3.96. The number of morpholine rings is 1. The number of hydrogen-bond donors (Lipinski definition) is 1. The van der Waals surface area contributed by atoms with Gasteiger partial charge in [0.1, 0.15) is 0 Å². The molecule has 2 rings (SSSR count). The molecule has 1 aliphatic heterocycles. The molecule has 1 saturated heterocycles. The normalized spacial score (nSPS) is 16.7. The lowest BCUT2D eigenvalue weighted by molar-refractivity contribution is 0.0674. The Morgan fingerprint density at radius 3 is 2.89 bits per heavy atom. The standard InChI is InChI=1S/C14H20BrN3O/c15-13-5-1-3-12(11-13)4-2-6-17-14(16)18-7-9-19-10-8-18/h1,3,5,11H,2,4,6-10H2,(H2,16,17). The highest BCUT2D eigenvalue weighted by atomic mass is 79.9. The number of aryl methyl sites for hydroxylation is 1. The van der Waals surface area contributed by atoms with Crippen LogP contribution in [0.5, 0.6) is 0 Å². The molecule has 2 N–H and O–H groups in total. The summed E-state index contributed by atoms with van der Waals surface area (Å²) in [6, 6.07) is 8.39. The van der Waals surface area contributed by atoms with E-state index < -0.39 is 0 Å². The Hall–Kier alpha value is -1.07. The fourth-order valence-electron chi connectivity index (χ4n) is 2.06. The quantitative estimate of drug-likeness (QED) is 0.523. The lowest BCUT2D eigenvalue weighted by Gasteiger charge is -2.27. The molecule has 0 bridgehead atoms. The highest BCUT2D eigenvalue weighted by molar-refractivity contribution is 9.10. The zero-order valence-electron chi connectivity index (χ0n) is 11.0. The molecule has 0 saturated carbocycles. The van der Waals surface area contributed by atoms with Crippen molar-refractivity contribution in [1.82, 2.24) is 4.90 Å². The minimum atomic E-state index is 0.651. The zero-order chi connectivity index (χ0) is 13.5. The van der Waals surface area contributed by atoms with E-state index in [1.54, 1.807) is 0 Å². The van der Waals surface area contributed by atoms with Crippen LogP contribution in [-0.4, -0.2) is 43.7 Å². The van der Waals surface area contributed by atoms with Crippen LogP contribution in [0, 0.1) is 0 Å². The molecule has 1 fully saturated rings. The third kappa shape index (κ3) is 4.84. The van der Waals surface area contributed by atoms with Gasteiger partial charge < -0.3 is 15.4 Å². The van der Waals surface area contributed by atoms with Crippen molar-refractivity contribution >= 4 is 21.9 Å². The first kappa shape index (κ1) is 14.3. The van der Waals surface area contributed by atoms with Crippen molar-refractivity contribution in [2.45, 2.75) is 12.8 Å². The number of aliphatic imine (C=N–C) groups is 1. The number of benzene rings is 1. The van der Waals surface area contributed by atoms with Crippen molar-refractivity contribution in [3.63, 3.8) is 0 Å². The number of nitrogens with zero attached hydrogens (tertiary/aromatic N) is 2. The number of halogens is 1. The minimum Gasteiger partial charge on any atom is -0.378 e. The number of nitrogens with two attached hydrogens (primary N) is 1. The molecule has 5 heteroatoms. The molecular weight excluding hydrogens is 306 g/mol. The third-order valence-electron chi connectivity index (χ3n) is 3.12. The molecule has 104 valence electrons. The van der Waals surface area contributed by atoms with Gasteiger partial charge in [0.05, 0.1) is 13.2 Å². The molecule has 0 aromatic heterocycles. The average Bonchev–Trinajstić information content (AvgIpc) is 2.44. The van der Waals surface area contributed by atoms with E-state index in [2.05, 4.69) is 44.0 Å². The largest absolute Gasteiger partial charge is 0.378 e. The Morgan fingerprint density at radius 1 is 1.37 bits per heavy atom. The van der Waals surface area contributed by atoms with Crippen LogP contribution in [0.2, 0.25) is 0 Å². The van der Waals surface area contributed by atoms with Gasteiger partial charge in [-0.15, -0.1) is 0 Å². The number of guanidine groups is 1. The molecule has 1 aromatic carbocycles. The van der Waals surface area contributed by atoms with Crippen molar-refractivity contribution in [2.75, 3.05) is 32.8 Å². The highest BCUT2D eigenvalue weighted by Crippen LogP contribution is 2.12. The third-order valence-corrected chi connectivity index (χ3v) is 3.61. The SMILES string of the molecule is NC(=NCCCc1cccc(Br)c1)N1CCOCC1.